The smallest absolute Gasteiger partial charge is 0.247 e. The minimum absolute atomic E-state index is 0.171. The van der Waals surface area contributed by atoms with Crippen LogP contribution >= 0.6 is 0 Å². The molecule has 0 spiro atoms. The average Bonchev–Trinajstić information content (AvgIpc) is 2.74. The Kier molecular flexibility index (Phi) is 3.94. The predicted octanol–water partition coefficient (Wildman–Crippen LogP) is 1.46. The Hall–Kier alpha value is -1.67. The van der Waals surface area contributed by atoms with E-state index >= 15 is 0 Å². The molecule has 0 bridgehead atoms. The van der Waals surface area contributed by atoms with Gasteiger partial charge in [0.15, 0.2) is 16.3 Å². The molecule has 2 rings (SSSR count). The number of hydrogen-bond acceptors (Lipinski definition) is 5. The Morgan fingerprint density at radius 1 is 1.48 bits per heavy atom. The molecule has 7 nitrogen and oxygen atoms in total. The summed E-state index contributed by atoms with van der Waals surface area (Å²) in [6, 6.07) is 1.51. The number of hydrogen-bond donors (Lipinski definition) is 1. The van der Waals surface area contributed by atoms with Crippen LogP contribution in [-0.2, 0) is 14.8 Å². The number of aromatic nitrogens is 1. The molecule has 8 heteroatoms. The van der Waals surface area contributed by atoms with Gasteiger partial charge in [-0.05, 0) is 32.8 Å². The fourth-order valence-electron chi connectivity index (χ4n) is 1.77. The van der Waals surface area contributed by atoms with Crippen LogP contribution in [0, 0.1) is 0 Å². The summed E-state index contributed by atoms with van der Waals surface area (Å²) in [6.45, 7) is 9.13. The van der Waals surface area contributed by atoms with E-state index < -0.39 is 20.7 Å². The summed E-state index contributed by atoms with van der Waals surface area (Å²) in [6.07, 6.45) is 0.822. The highest BCUT2D eigenvalue weighted by molar-refractivity contribution is 7.91. The monoisotopic (exact) mass is 313 g/mol. The molecule has 0 aliphatic carbocycles. The van der Waals surface area contributed by atoms with Gasteiger partial charge in [-0.25, -0.2) is 12.7 Å². The molecule has 0 aromatic carbocycles. The molecule has 1 aliphatic heterocycles. The molecule has 0 radical (unpaired) electrons. The third-order valence-electron chi connectivity index (χ3n) is 3.52. The molecular weight excluding hydrogens is 294 g/mol. The van der Waals surface area contributed by atoms with E-state index in [1.54, 1.807) is 6.92 Å². The lowest BCUT2D eigenvalue weighted by atomic mass is 10.2. The van der Waals surface area contributed by atoms with Gasteiger partial charge in [-0.3, -0.25) is 4.79 Å². The van der Waals surface area contributed by atoms with Crippen LogP contribution in [0.4, 0.5) is 5.82 Å². The van der Waals surface area contributed by atoms with Crippen molar-refractivity contribution in [2.24, 2.45) is 0 Å². The summed E-state index contributed by atoms with van der Waals surface area (Å²) < 4.78 is 29.5. The maximum Gasteiger partial charge on any atom is 0.247 e. The van der Waals surface area contributed by atoms with Gasteiger partial charge in [0.2, 0.25) is 15.9 Å². The quantitative estimate of drug-likeness (QED) is 0.888. The maximum atomic E-state index is 12.4. The van der Waals surface area contributed by atoms with Gasteiger partial charge in [0.1, 0.15) is 0 Å². The summed E-state index contributed by atoms with van der Waals surface area (Å²) in [7, 11) is -3.69. The SMILES string of the molecule is C=C(C)c1cc(NC(=O)C(C)(C)S(=O)(=O)N2CCC2)no1. The number of rotatable bonds is 5. The molecule has 0 atom stereocenters. The Balaban J connectivity index is 2.16. The minimum Gasteiger partial charge on any atom is -0.354 e. The number of amides is 1. The van der Waals surface area contributed by atoms with Crippen molar-refractivity contribution in [3.63, 3.8) is 0 Å². The first-order chi connectivity index (χ1) is 9.66. The Bertz CT molecular complexity index is 671. The fourth-order valence-corrected chi connectivity index (χ4v) is 3.44. The highest BCUT2D eigenvalue weighted by Crippen LogP contribution is 2.27. The van der Waals surface area contributed by atoms with Gasteiger partial charge >= 0.3 is 0 Å². The second-order valence-corrected chi connectivity index (χ2v) is 8.07. The molecule has 1 fully saturated rings. The van der Waals surface area contributed by atoms with Gasteiger partial charge < -0.3 is 9.84 Å². The number of nitrogens with zero attached hydrogens (tertiary/aromatic N) is 2. The van der Waals surface area contributed by atoms with Crippen molar-refractivity contribution in [3.05, 3.63) is 18.4 Å². The molecule has 116 valence electrons. The van der Waals surface area contributed by atoms with E-state index in [2.05, 4.69) is 17.1 Å². The zero-order chi connectivity index (χ0) is 15.8. The van der Waals surface area contributed by atoms with Crippen LogP contribution in [0.2, 0.25) is 0 Å². The van der Waals surface area contributed by atoms with E-state index in [1.807, 2.05) is 0 Å². The lowest BCUT2D eigenvalue weighted by Crippen LogP contribution is -2.55. The van der Waals surface area contributed by atoms with Crippen LogP contribution < -0.4 is 5.32 Å². The normalized spacial score (nSPS) is 16.3. The summed E-state index contributed by atoms with van der Waals surface area (Å²) in [5.74, 6) is -0.0328. The van der Waals surface area contributed by atoms with Crippen LogP contribution in [0.3, 0.4) is 0 Å². The number of nitrogens with one attached hydrogen (secondary N) is 1. The Morgan fingerprint density at radius 2 is 2.10 bits per heavy atom. The minimum atomic E-state index is -3.69. The highest BCUT2D eigenvalue weighted by Gasteiger charge is 2.47. The van der Waals surface area contributed by atoms with Gasteiger partial charge in [-0.2, -0.15) is 0 Å². The summed E-state index contributed by atoms with van der Waals surface area (Å²) >= 11 is 0. The van der Waals surface area contributed by atoms with Crippen molar-refractivity contribution in [2.45, 2.75) is 31.9 Å². The molecule has 1 aliphatic rings. The number of allylic oxidation sites excluding steroid dienone is 1. The largest absolute Gasteiger partial charge is 0.354 e. The summed E-state index contributed by atoms with van der Waals surface area (Å²) in [5.41, 5.74) is 0.662. The fraction of sp³-hybridized carbons (Fsp3) is 0.538. The third-order valence-corrected chi connectivity index (χ3v) is 6.04. The van der Waals surface area contributed by atoms with E-state index in [-0.39, 0.29) is 5.82 Å². The molecule has 0 unspecified atom stereocenters. The molecule has 1 aromatic rings. The van der Waals surface area contributed by atoms with Gasteiger partial charge in [0.25, 0.3) is 0 Å². The van der Waals surface area contributed by atoms with Crippen molar-refractivity contribution in [3.8, 4) is 0 Å². The first-order valence-electron chi connectivity index (χ1n) is 6.60. The Morgan fingerprint density at radius 3 is 2.52 bits per heavy atom. The molecule has 1 N–H and O–H groups in total. The van der Waals surface area contributed by atoms with Gasteiger partial charge in [-0.1, -0.05) is 11.7 Å². The first kappa shape index (κ1) is 15.7. The van der Waals surface area contributed by atoms with E-state index in [0.29, 0.717) is 24.4 Å². The molecule has 0 saturated carbocycles. The number of carbonyl (C=O) groups is 1. The molecule has 1 aromatic heterocycles. The highest BCUT2D eigenvalue weighted by atomic mass is 32.2. The van der Waals surface area contributed by atoms with E-state index in [4.69, 9.17) is 4.52 Å². The zero-order valence-corrected chi connectivity index (χ0v) is 13.2. The van der Waals surface area contributed by atoms with Crippen LogP contribution in [0.15, 0.2) is 17.2 Å². The van der Waals surface area contributed by atoms with Crippen molar-refractivity contribution in [2.75, 3.05) is 18.4 Å². The topological polar surface area (TPSA) is 92.5 Å². The van der Waals surface area contributed by atoms with Crippen molar-refractivity contribution >= 4 is 27.3 Å². The number of sulfonamides is 1. The Labute approximate surface area is 124 Å². The second kappa shape index (κ2) is 5.27. The number of carbonyl (C=O) groups excluding carboxylic acids is 1. The summed E-state index contributed by atoms with van der Waals surface area (Å²) in [4.78, 5) is 12.3. The van der Waals surface area contributed by atoms with E-state index in [1.165, 1.54) is 24.2 Å². The number of anilines is 1. The second-order valence-electron chi connectivity index (χ2n) is 5.58. The van der Waals surface area contributed by atoms with Crippen LogP contribution in [0.25, 0.3) is 5.57 Å². The molecular formula is C13H19N3O4S. The van der Waals surface area contributed by atoms with Crippen molar-refractivity contribution < 1.29 is 17.7 Å². The van der Waals surface area contributed by atoms with Gasteiger partial charge in [0, 0.05) is 19.2 Å². The molecule has 1 saturated heterocycles. The third kappa shape index (κ3) is 2.73. The van der Waals surface area contributed by atoms with E-state index in [0.717, 1.165) is 6.42 Å². The molecule has 21 heavy (non-hydrogen) atoms. The lowest BCUT2D eigenvalue weighted by Gasteiger charge is -2.36. The standard InChI is InChI=1S/C13H19N3O4S/c1-9(2)10-8-11(15-20-10)14-12(17)13(3,4)21(18,19)16-6-5-7-16/h8H,1,5-7H2,2-4H3,(H,14,15,17). The first-order valence-corrected chi connectivity index (χ1v) is 8.04. The predicted molar refractivity (Wildman–Crippen MR) is 79.0 cm³/mol. The molecule has 1 amide bonds. The average molecular weight is 313 g/mol. The van der Waals surface area contributed by atoms with Crippen LogP contribution in [-0.4, -0.2) is 41.6 Å². The van der Waals surface area contributed by atoms with Crippen molar-refractivity contribution in [1.29, 1.82) is 0 Å². The van der Waals surface area contributed by atoms with E-state index in [9.17, 15) is 13.2 Å². The van der Waals surface area contributed by atoms with Crippen LogP contribution in [0.5, 0.6) is 0 Å². The maximum absolute atomic E-state index is 12.4. The van der Waals surface area contributed by atoms with Gasteiger partial charge in [0.05, 0.1) is 0 Å². The summed E-state index contributed by atoms with van der Waals surface area (Å²) in [5, 5.41) is 6.15. The van der Waals surface area contributed by atoms with Crippen molar-refractivity contribution in [1.82, 2.24) is 9.46 Å². The van der Waals surface area contributed by atoms with Crippen LogP contribution in [0.1, 0.15) is 33.0 Å². The molecule has 2 heterocycles. The zero-order valence-electron chi connectivity index (χ0n) is 12.3. The van der Waals surface area contributed by atoms with Gasteiger partial charge in [-0.15, -0.1) is 0 Å². The lowest BCUT2D eigenvalue weighted by molar-refractivity contribution is -0.118.